The van der Waals surface area contributed by atoms with Crippen molar-refractivity contribution in [2.75, 3.05) is 30.4 Å². The summed E-state index contributed by atoms with van der Waals surface area (Å²) in [4.78, 5) is 8.94. The van der Waals surface area contributed by atoms with Crippen LogP contribution in [0.25, 0.3) is 0 Å². The molecule has 0 amide bonds. The van der Waals surface area contributed by atoms with Gasteiger partial charge in [-0.1, -0.05) is 13.8 Å². The van der Waals surface area contributed by atoms with Gasteiger partial charge in [0, 0.05) is 18.5 Å². The number of aliphatic hydroxyl groups is 2. The summed E-state index contributed by atoms with van der Waals surface area (Å²) < 4.78 is 0. The number of hydrogen-bond donors (Lipinski definition) is 4. The molecular formula is C14H26N4O2. The quantitative estimate of drug-likeness (QED) is 0.575. The lowest BCUT2D eigenvalue weighted by molar-refractivity contribution is 0.147. The molecule has 0 aliphatic heterocycles. The van der Waals surface area contributed by atoms with Crippen molar-refractivity contribution in [3.8, 4) is 0 Å². The van der Waals surface area contributed by atoms with Gasteiger partial charge in [0.25, 0.3) is 0 Å². The fraction of sp³-hybridized carbons (Fsp3) is 0.714. The Labute approximate surface area is 120 Å². The maximum atomic E-state index is 9.39. The first-order valence-electron chi connectivity index (χ1n) is 7.11. The van der Waals surface area contributed by atoms with Crippen molar-refractivity contribution in [2.24, 2.45) is 0 Å². The summed E-state index contributed by atoms with van der Waals surface area (Å²) in [6, 6.07) is 0. The maximum Gasteiger partial charge on any atom is 0.135 e. The molecule has 0 saturated carbocycles. The first-order valence-corrected chi connectivity index (χ1v) is 7.11. The molecule has 6 nitrogen and oxygen atoms in total. The third-order valence-electron chi connectivity index (χ3n) is 3.17. The van der Waals surface area contributed by atoms with Crippen LogP contribution in [0.2, 0.25) is 0 Å². The molecule has 0 aliphatic carbocycles. The zero-order valence-corrected chi connectivity index (χ0v) is 12.8. The van der Waals surface area contributed by atoms with E-state index in [9.17, 15) is 10.2 Å². The Morgan fingerprint density at radius 1 is 1.10 bits per heavy atom. The topological polar surface area (TPSA) is 90.3 Å². The van der Waals surface area contributed by atoms with Gasteiger partial charge in [0.2, 0.25) is 0 Å². The number of aryl methyl sites for hydroxylation is 1. The predicted molar refractivity (Wildman–Crippen MR) is 81.1 cm³/mol. The van der Waals surface area contributed by atoms with Crippen molar-refractivity contribution in [2.45, 2.75) is 46.1 Å². The smallest absolute Gasteiger partial charge is 0.135 e. The van der Waals surface area contributed by atoms with Gasteiger partial charge in [0.1, 0.15) is 17.5 Å². The summed E-state index contributed by atoms with van der Waals surface area (Å²) in [6.07, 6.45) is 1.74. The lowest BCUT2D eigenvalue weighted by Crippen LogP contribution is -2.43. The molecule has 0 fully saturated rings. The van der Waals surface area contributed by atoms with E-state index >= 15 is 0 Å². The molecule has 0 aromatic carbocycles. The standard InChI is InChI=1S/C14H26N4O2/c1-5-7-15-12-10(3)13(17-11(6-2)16-12)18-14(4,8-19)9-20/h19-20H,5-9H2,1-4H3,(H2,15,16,17,18). The minimum atomic E-state index is -0.799. The number of anilines is 2. The van der Waals surface area contributed by atoms with Crippen molar-refractivity contribution in [3.63, 3.8) is 0 Å². The molecule has 1 aromatic rings. The number of nitrogens with one attached hydrogen (secondary N) is 2. The number of hydrogen-bond acceptors (Lipinski definition) is 6. The molecular weight excluding hydrogens is 256 g/mol. The average molecular weight is 282 g/mol. The fourth-order valence-electron chi connectivity index (χ4n) is 1.67. The van der Waals surface area contributed by atoms with E-state index in [0.29, 0.717) is 5.82 Å². The monoisotopic (exact) mass is 282 g/mol. The Hall–Kier alpha value is -1.40. The molecule has 0 radical (unpaired) electrons. The van der Waals surface area contributed by atoms with Crippen molar-refractivity contribution in [1.82, 2.24) is 9.97 Å². The van der Waals surface area contributed by atoms with Crippen LogP contribution in [0.4, 0.5) is 11.6 Å². The van der Waals surface area contributed by atoms with Crippen LogP contribution in [0.15, 0.2) is 0 Å². The van der Waals surface area contributed by atoms with E-state index in [1.54, 1.807) is 6.92 Å². The first kappa shape index (κ1) is 16.7. The second kappa shape index (κ2) is 7.40. The van der Waals surface area contributed by atoms with Crippen LogP contribution < -0.4 is 10.6 Å². The van der Waals surface area contributed by atoms with E-state index < -0.39 is 5.54 Å². The van der Waals surface area contributed by atoms with Crippen LogP contribution in [0, 0.1) is 6.92 Å². The van der Waals surface area contributed by atoms with Crippen LogP contribution >= 0.6 is 0 Å². The minimum Gasteiger partial charge on any atom is -0.394 e. The Morgan fingerprint density at radius 2 is 1.70 bits per heavy atom. The van der Waals surface area contributed by atoms with E-state index in [1.165, 1.54) is 0 Å². The number of nitrogens with zero attached hydrogens (tertiary/aromatic N) is 2. The average Bonchev–Trinajstić information content (AvgIpc) is 2.47. The van der Waals surface area contributed by atoms with Crippen LogP contribution in [-0.4, -0.2) is 45.5 Å². The molecule has 1 aromatic heterocycles. The maximum absolute atomic E-state index is 9.39. The first-order chi connectivity index (χ1) is 9.49. The number of aromatic nitrogens is 2. The summed E-state index contributed by atoms with van der Waals surface area (Å²) >= 11 is 0. The summed E-state index contributed by atoms with van der Waals surface area (Å²) in [5, 5.41) is 25.2. The van der Waals surface area contributed by atoms with E-state index in [4.69, 9.17) is 0 Å². The lowest BCUT2D eigenvalue weighted by atomic mass is 10.1. The summed E-state index contributed by atoms with van der Waals surface area (Å²) in [5.74, 6) is 2.19. The van der Waals surface area contributed by atoms with Gasteiger partial charge in [-0.05, 0) is 20.3 Å². The highest BCUT2D eigenvalue weighted by atomic mass is 16.3. The lowest BCUT2D eigenvalue weighted by Gasteiger charge is -2.28. The van der Waals surface area contributed by atoms with Crippen molar-refractivity contribution < 1.29 is 10.2 Å². The Bertz CT molecular complexity index is 433. The fourth-order valence-corrected chi connectivity index (χ4v) is 1.67. The SMILES string of the molecule is CCCNc1nc(CC)nc(NC(C)(CO)CO)c1C. The van der Waals surface area contributed by atoms with Gasteiger partial charge in [-0.2, -0.15) is 0 Å². The predicted octanol–water partition coefficient (Wildman–Crippen LogP) is 1.32. The van der Waals surface area contributed by atoms with Crippen molar-refractivity contribution in [3.05, 3.63) is 11.4 Å². The molecule has 114 valence electrons. The highest BCUT2D eigenvalue weighted by Crippen LogP contribution is 2.23. The normalized spacial score (nSPS) is 11.5. The van der Waals surface area contributed by atoms with E-state index in [1.807, 2.05) is 13.8 Å². The van der Waals surface area contributed by atoms with Crippen molar-refractivity contribution >= 4 is 11.6 Å². The van der Waals surface area contributed by atoms with E-state index in [0.717, 1.165) is 36.6 Å². The van der Waals surface area contributed by atoms with Crippen LogP contribution in [-0.2, 0) is 6.42 Å². The molecule has 0 saturated heterocycles. The van der Waals surface area contributed by atoms with Crippen LogP contribution in [0.5, 0.6) is 0 Å². The van der Waals surface area contributed by atoms with Gasteiger partial charge in [-0.25, -0.2) is 9.97 Å². The molecule has 0 bridgehead atoms. The summed E-state index contributed by atoms with van der Waals surface area (Å²) in [5.41, 5.74) is 0.0929. The second-order valence-corrected chi connectivity index (χ2v) is 5.24. The summed E-state index contributed by atoms with van der Waals surface area (Å²) in [6.45, 7) is 8.26. The highest BCUT2D eigenvalue weighted by molar-refractivity contribution is 5.58. The van der Waals surface area contributed by atoms with E-state index in [2.05, 4.69) is 27.5 Å². The number of aliphatic hydroxyl groups excluding tert-OH is 2. The van der Waals surface area contributed by atoms with Gasteiger partial charge in [0.15, 0.2) is 0 Å². The zero-order chi connectivity index (χ0) is 15.2. The molecule has 0 atom stereocenters. The second-order valence-electron chi connectivity index (χ2n) is 5.24. The van der Waals surface area contributed by atoms with Gasteiger partial charge in [-0.15, -0.1) is 0 Å². The highest BCUT2D eigenvalue weighted by Gasteiger charge is 2.24. The Kier molecular flexibility index (Phi) is 6.16. The molecule has 0 aliphatic rings. The third-order valence-corrected chi connectivity index (χ3v) is 3.17. The van der Waals surface area contributed by atoms with Gasteiger partial charge < -0.3 is 20.8 Å². The zero-order valence-electron chi connectivity index (χ0n) is 12.8. The van der Waals surface area contributed by atoms with Gasteiger partial charge in [0.05, 0.1) is 18.8 Å². The van der Waals surface area contributed by atoms with Crippen molar-refractivity contribution in [1.29, 1.82) is 0 Å². The largest absolute Gasteiger partial charge is 0.394 e. The minimum absolute atomic E-state index is 0.174. The third kappa shape index (κ3) is 4.05. The number of rotatable bonds is 8. The molecule has 20 heavy (non-hydrogen) atoms. The van der Waals surface area contributed by atoms with Gasteiger partial charge in [-0.3, -0.25) is 0 Å². The van der Waals surface area contributed by atoms with Crippen LogP contribution in [0.1, 0.15) is 38.6 Å². The molecule has 0 spiro atoms. The van der Waals surface area contributed by atoms with Gasteiger partial charge >= 0.3 is 0 Å². The molecule has 0 unspecified atom stereocenters. The Balaban J connectivity index is 3.11. The molecule has 1 rings (SSSR count). The van der Waals surface area contributed by atoms with Crippen LogP contribution in [0.3, 0.4) is 0 Å². The van der Waals surface area contributed by atoms with E-state index in [-0.39, 0.29) is 13.2 Å². The molecule has 6 heteroatoms. The molecule has 4 N–H and O–H groups in total. The molecule has 1 heterocycles. The Morgan fingerprint density at radius 3 is 2.20 bits per heavy atom. The summed E-state index contributed by atoms with van der Waals surface area (Å²) in [7, 11) is 0.